The number of nitrogens with zero attached hydrogens (tertiary/aromatic N) is 2. The molecule has 1 amide bonds. The highest BCUT2D eigenvalue weighted by Gasteiger charge is 2.22. The number of anilines is 1. The van der Waals surface area contributed by atoms with E-state index >= 15 is 0 Å². The summed E-state index contributed by atoms with van der Waals surface area (Å²) in [5.74, 6) is 0.438. The number of aryl methyl sites for hydroxylation is 1. The molecule has 0 aromatic heterocycles. The molecule has 0 atom stereocenters. The van der Waals surface area contributed by atoms with Gasteiger partial charge in [0.15, 0.2) is 6.61 Å². The highest BCUT2D eigenvalue weighted by Crippen LogP contribution is 2.27. The maximum absolute atomic E-state index is 12.4. The van der Waals surface area contributed by atoms with Crippen molar-refractivity contribution < 1.29 is 9.53 Å². The van der Waals surface area contributed by atoms with Gasteiger partial charge in [0.1, 0.15) is 5.75 Å². The van der Waals surface area contributed by atoms with Crippen LogP contribution in [0.1, 0.15) is 5.56 Å². The van der Waals surface area contributed by atoms with Crippen LogP contribution in [0.2, 0.25) is 10.0 Å². The van der Waals surface area contributed by atoms with Crippen LogP contribution < -0.4 is 9.64 Å². The van der Waals surface area contributed by atoms with E-state index in [-0.39, 0.29) is 12.5 Å². The van der Waals surface area contributed by atoms with E-state index in [0.29, 0.717) is 28.9 Å². The highest BCUT2D eigenvalue weighted by atomic mass is 35.5. The molecule has 4 nitrogen and oxygen atoms in total. The van der Waals surface area contributed by atoms with Crippen molar-refractivity contribution in [2.75, 3.05) is 37.7 Å². The lowest BCUT2D eigenvalue weighted by atomic mass is 10.1. The number of ether oxygens (including phenoxy) is 1. The molecular formula is C19H20Cl2N2O2. The van der Waals surface area contributed by atoms with Gasteiger partial charge in [-0.25, -0.2) is 0 Å². The summed E-state index contributed by atoms with van der Waals surface area (Å²) in [6.45, 7) is 5.09. The van der Waals surface area contributed by atoms with Crippen molar-refractivity contribution in [1.82, 2.24) is 4.90 Å². The second-order valence-corrected chi connectivity index (χ2v) is 6.86. The summed E-state index contributed by atoms with van der Waals surface area (Å²) >= 11 is 11.9. The average Bonchev–Trinajstić information content (AvgIpc) is 2.61. The van der Waals surface area contributed by atoms with Gasteiger partial charge in [-0.3, -0.25) is 4.79 Å². The van der Waals surface area contributed by atoms with E-state index in [9.17, 15) is 4.79 Å². The smallest absolute Gasteiger partial charge is 0.260 e. The lowest BCUT2D eigenvalue weighted by Gasteiger charge is -2.36. The van der Waals surface area contributed by atoms with Crippen LogP contribution in [0.15, 0.2) is 42.5 Å². The van der Waals surface area contributed by atoms with Gasteiger partial charge < -0.3 is 14.5 Å². The van der Waals surface area contributed by atoms with E-state index < -0.39 is 0 Å². The third-order valence-electron chi connectivity index (χ3n) is 4.33. The molecule has 0 N–H and O–H groups in total. The van der Waals surface area contributed by atoms with Crippen LogP contribution in [0, 0.1) is 6.92 Å². The first kappa shape index (κ1) is 17.9. The van der Waals surface area contributed by atoms with Crippen LogP contribution in [0.5, 0.6) is 5.75 Å². The van der Waals surface area contributed by atoms with Crippen molar-refractivity contribution in [2.45, 2.75) is 6.92 Å². The number of carbonyl (C=O) groups is 1. The van der Waals surface area contributed by atoms with Gasteiger partial charge in [-0.15, -0.1) is 0 Å². The molecule has 1 fully saturated rings. The average molecular weight is 379 g/mol. The third-order valence-corrected chi connectivity index (χ3v) is 4.86. The Morgan fingerprint density at radius 2 is 1.80 bits per heavy atom. The van der Waals surface area contributed by atoms with Crippen molar-refractivity contribution in [3.05, 3.63) is 58.1 Å². The summed E-state index contributed by atoms with van der Waals surface area (Å²) in [4.78, 5) is 16.5. The minimum absolute atomic E-state index is 0.0221. The van der Waals surface area contributed by atoms with Crippen LogP contribution in [0.4, 0.5) is 5.69 Å². The number of piperazine rings is 1. The van der Waals surface area contributed by atoms with E-state index in [1.807, 2.05) is 17.0 Å². The Morgan fingerprint density at radius 3 is 2.48 bits per heavy atom. The van der Waals surface area contributed by atoms with E-state index in [1.165, 1.54) is 11.3 Å². The molecule has 3 rings (SSSR count). The van der Waals surface area contributed by atoms with Gasteiger partial charge in [-0.1, -0.05) is 41.4 Å². The van der Waals surface area contributed by atoms with Crippen LogP contribution in [-0.4, -0.2) is 43.6 Å². The summed E-state index contributed by atoms with van der Waals surface area (Å²) in [5.41, 5.74) is 2.49. The largest absolute Gasteiger partial charge is 0.482 e. The van der Waals surface area contributed by atoms with Gasteiger partial charge in [0.25, 0.3) is 5.91 Å². The molecule has 25 heavy (non-hydrogen) atoms. The lowest BCUT2D eigenvalue weighted by molar-refractivity contribution is -0.133. The SMILES string of the molecule is Cc1ccccc1N1CCN(C(=O)COc2ccc(Cl)cc2Cl)CC1. The standard InChI is InChI=1S/C19H20Cl2N2O2/c1-14-4-2-3-5-17(14)22-8-10-23(11-9-22)19(24)13-25-18-7-6-15(20)12-16(18)21/h2-7,12H,8-11,13H2,1H3. The van der Waals surface area contributed by atoms with E-state index in [0.717, 1.165) is 13.1 Å². The molecule has 6 heteroatoms. The molecule has 0 spiro atoms. The van der Waals surface area contributed by atoms with Crippen LogP contribution in [-0.2, 0) is 4.79 Å². The summed E-state index contributed by atoms with van der Waals surface area (Å²) < 4.78 is 5.54. The van der Waals surface area contributed by atoms with Gasteiger partial charge in [0.2, 0.25) is 0 Å². The van der Waals surface area contributed by atoms with E-state index in [2.05, 4.69) is 24.0 Å². The number of hydrogen-bond acceptors (Lipinski definition) is 3. The van der Waals surface area contributed by atoms with Crippen LogP contribution in [0.3, 0.4) is 0 Å². The van der Waals surface area contributed by atoms with E-state index in [4.69, 9.17) is 27.9 Å². The Bertz CT molecular complexity index is 759. The Labute approximate surface area is 157 Å². The molecule has 0 radical (unpaired) electrons. The molecule has 1 aliphatic heterocycles. The minimum Gasteiger partial charge on any atom is -0.482 e. The van der Waals surface area contributed by atoms with E-state index in [1.54, 1.807) is 18.2 Å². The summed E-state index contributed by atoms with van der Waals surface area (Å²) in [6.07, 6.45) is 0. The van der Waals surface area contributed by atoms with Crippen molar-refractivity contribution >= 4 is 34.8 Å². The lowest BCUT2D eigenvalue weighted by Crippen LogP contribution is -2.50. The molecule has 0 saturated carbocycles. The summed E-state index contributed by atoms with van der Waals surface area (Å²) in [7, 11) is 0. The Morgan fingerprint density at radius 1 is 1.08 bits per heavy atom. The second kappa shape index (κ2) is 7.98. The maximum atomic E-state index is 12.4. The molecular weight excluding hydrogens is 359 g/mol. The van der Waals surface area contributed by atoms with Gasteiger partial charge in [0.05, 0.1) is 5.02 Å². The Hall–Kier alpha value is -1.91. The quantitative estimate of drug-likeness (QED) is 0.804. The fraction of sp³-hybridized carbons (Fsp3) is 0.316. The Balaban J connectivity index is 1.52. The van der Waals surface area contributed by atoms with Crippen molar-refractivity contribution in [2.24, 2.45) is 0 Å². The zero-order valence-corrected chi connectivity index (χ0v) is 15.6. The number of hydrogen-bond donors (Lipinski definition) is 0. The van der Waals surface area contributed by atoms with Crippen molar-refractivity contribution in [3.8, 4) is 5.75 Å². The molecule has 0 bridgehead atoms. The molecule has 2 aromatic carbocycles. The predicted molar refractivity (Wildman–Crippen MR) is 102 cm³/mol. The number of benzene rings is 2. The zero-order chi connectivity index (χ0) is 17.8. The number of carbonyl (C=O) groups excluding carboxylic acids is 1. The normalized spacial score (nSPS) is 14.5. The van der Waals surface area contributed by atoms with Gasteiger partial charge in [0, 0.05) is 36.9 Å². The highest BCUT2D eigenvalue weighted by molar-refractivity contribution is 6.35. The number of para-hydroxylation sites is 1. The van der Waals surface area contributed by atoms with Gasteiger partial charge >= 0.3 is 0 Å². The minimum atomic E-state index is -0.0320. The molecule has 1 aliphatic rings. The first-order chi connectivity index (χ1) is 12.0. The van der Waals surface area contributed by atoms with Gasteiger partial charge in [-0.05, 0) is 36.8 Å². The topological polar surface area (TPSA) is 32.8 Å². The monoisotopic (exact) mass is 378 g/mol. The molecule has 0 unspecified atom stereocenters. The number of amides is 1. The number of halogens is 2. The molecule has 0 aliphatic carbocycles. The summed E-state index contributed by atoms with van der Waals surface area (Å²) in [5, 5.41) is 0.945. The second-order valence-electron chi connectivity index (χ2n) is 6.02. The van der Waals surface area contributed by atoms with Crippen LogP contribution in [0.25, 0.3) is 0 Å². The molecule has 1 saturated heterocycles. The fourth-order valence-electron chi connectivity index (χ4n) is 2.94. The molecule has 1 heterocycles. The molecule has 132 valence electrons. The number of rotatable bonds is 4. The Kier molecular flexibility index (Phi) is 5.71. The zero-order valence-electron chi connectivity index (χ0n) is 14.0. The third kappa shape index (κ3) is 4.39. The van der Waals surface area contributed by atoms with Crippen molar-refractivity contribution in [3.63, 3.8) is 0 Å². The summed E-state index contributed by atoms with van der Waals surface area (Å²) in [6, 6.07) is 13.3. The van der Waals surface area contributed by atoms with Crippen LogP contribution >= 0.6 is 23.2 Å². The van der Waals surface area contributed by atoms with Gasteiger partial charge in [-0.2, -0.15) is 0 Å². The first-order valence-corrected chi connectivity index (χ1v) is 8.96. The predicted octanol–water partition coefficient (Wildman–Crippen LogP) is 4.03. The molecule has 2 aromatic rings. The maximum Gasteiger partial charge on any atom is 0.260 e. The first-order valence-electron chi connectivity index (χ1n) is 8.21. The van der Waals surface area contributed by atoms with Crippen molar-refractivity contribution in [1.29, 1.82) is 0 Å². The fourth-order valence-corrected chi connectivity index (χ4v) is 3.40.